The highest BCUT2D eigenvalue weighted by Crippen LogP contribution is 2.31. The molecule has 1 fully saturated rings. The molecule has 2 heterocycles. The van der Waals surface area contributed by atoms with Crippen molar-refractivity contribution in [2.75, 3.05) is 13.1 Å². The zero-order chi connectivity index (χ0) is 17.6. The van der Waals surface area contributed by atoms with Gasteiger partial charge in [0.2, 0.25) is 15.8 Å². The lowest BCUT2D eigenvalue weighted by atomic mass is 9.94. The molecule has 1 saturated heterocycles. The van der Waals surface area contributed by atoms with E-state index in [9.17, 15) is 13.2 Å². The van der Waals surface area contributed by atoms with Gasteiger partial charge in [0.15, 0.2) is 0 Å². The lowest BCUT2D eigenvalue weighted by Crippen LogP contribution is -2.42. The third-order valence-corrected chi connectivity index (χ3v) is 6.40. The van der Waals surface area contributed by atoms with Crippen LogP contribution in [0, 0.1) is 18.8 Å². The molecule has 130 valence electrons. The molecule has 1 aromatic heterocycles. The van der Waals surface area contributed by atoms with Gasteiger partial charge in [-0.05, 0) is 43.4 Å². The third kappa shape index (κ3) is 2.82. The second-order valence-corrected chi connectivity index (χ2v) is 8.73. The van der Waals surface area contributed by atoms with Crippen LogP contribution in [0.5, 0.6) is 0 Å². The second kappa shape index (κ2) is 5.89. The summed E-state index contributed by atoms with van der Waals surface area (Å²) in [7, 11) is -3.60. The molecule has 0 amide bonds. The number of furan rings is 1. The summed E-state index contributed by atoms with van der Waals surface area (Å²) in [4.78, 5) is 11.4. The molecule has 0 radical (unpaired) electrons. The Labute approximate surface area is 141 Å². The molecule has 2 aromatic rings. The van der Waals surface area contributed by atoms with E-state index >= 15 is 0 Å². The van der Waals surface area contributed by atoms with Crippen molar-refractivity contribution in [3.63, 3.8) is 0 Å². The van der Waals surface area contributed by atoms with Crippen molar-refractivity contribution in [1.29, 1.82) is 0 Å². The molecule has 1 aliphatic rings. The number of aryl methyl sites for hydroxylation is 1. The first-order chi connectivity index (χ1) is 11.2. The minimum Gasteiger partial charge on any atom is -0.475 e. The van der Waals surface area contributed by atoms with E-state index in [1.807, 2.05) is 0 Å². The number of piperidine rings is 1. The van der Waals surface area contributed by atoms with Crippen molar-refractivity contribution in [3.05, 3.63) is 29.5 Å². The summed E-state index contributed by atoms with van der Waals surface area (Å²) in [6.07, 6.45) is 1.02. The van der Waals surface area contributed by atoms with Gasteiger partial charge in [-0.15, -0.1) is 0 Å². The van der Waals surface area contributed by atoms with E-state index in [1.54, 1.807) is 6.92 Å². The average molecular weight is 351 g/mol. The van der Waals surface area contributed by atoms with Crippen LogP contribution in [0.25, 0.3) is 11.0 Å². The Kier molecular flexibility index (Phi) is 4.17. The van der Waals surface area contributed by atoms with E-state index in [4.69, 9.17) is 9.52 Å². The van der Waals surface area contributed by atoms with E-state index in [0.29, 0.717) is 41.5 Å². The lowest BCUT2D eigenvalue weighted by molar-refractivity contribution is 0.0664. The summed E-state index contributed by atoms with van der Waals surface area (Å²) in [5.41, 5.74) is 0.819. The van der Waals surface area contributed by atoms with E-state index in [1.165, 1.54) is 22.5 Å². The summed E-state index contributed by atoms with van der Waals surface area (Å²) in [6.45, 7) is 6.75. The van der Waals surface area contributed by atoms with E-state index < -0.39 is 16.0 Å². The van der Waals surface area contributed by atoms with Crippen LogP contribution in [0.4, 0.5) is 0 Å². The topological polar surface area (TPSA) is 87.8 Å². The first-order valence-electron chi connectivity index (χ1n) is 7.96. The van der Waals surface area contributed by atoms with Gasteiger partial charge in [0, 0.05) is 24.0 Å². The number of benzene rings is 1. The monoisotopic (exact) mass is 351 g/mol. The number of nitrogens with zero attached hydrogens (tertiary/aromatic N) is 1. The number of rotatable bonds is 3. The fourth-order valence-corrected chi connectivity index (χ4v) is 5.22. The molecule has 24 heavy (non-hydrogen) atoms. The maximum atomic E-state index is 13.0. The van der Waals surface area contributed by atoms with Crippen molar-refractivity contribution in [2.45, 2.75) is 32.1 Å². The maximum Gasteiger partial charge on any atom is 0.372 e. The average Bonchev–Trinajstić information content (AvgIpc) is 2.83. The molecule has 2 atom stereocenters. The van der Waals surface area contributed by atoms with Crippen LogP contribution >= 0.6 is 0 Å². The minimum absolute atomic E-state index is 0.153. The Bertz CT molecular complexity index is 889. The summed E-state index contributed by atoms with van der Waals surface area (Å²) >= 11 is 0. The van der Waals surface area contributed by atoms with Crippen molar-refractivity contribution in [3.8, 4) is 0 Å². The van der Waals surface area contributed by atoms with Gasteiger partial charge >= 0.3 is 5.97 Å². The molecular weight excluding hydrogens is 330 g/mol. The number of fused-ring (bicyclic) bond motifs is 1. The van der Waals surface area contributed by atoms with Crippen LogP contribution in [0.1, 0.15) is 36.4 Å². The summed E-state index contributed by atoms with van der Waals surface area (Å²) in [5.74, 6) is -0.672. The molecule has 0 aliphatic carbocycles. The van der Waals surface area contributed by atoms with Gasteiger partial charge in [0.25, 0.3) is 0 Å². The smallest absolute Gasteiger partial charge is 0.372 e. The summed E-state index contributed by atoms with van der Waals surface area (Å²) < 4.78 is 32.7. The number of sulfonamides is 1. The molecular formula is C17H21NO5S. The Morgan fingerprint density at radius 3 is 2.46 bits per heavy atom. The highest BCUT2D eigenvalue weighted by Gasteiger charge is 2.32. The molecule has 1 N–H and O–H groups in total. The van der Waals surface area contributed by atoms with Gasteiger partial charge in [-0.2, -0.15) is 4.31 Å². The van der Waals surface area contributed by atoms with E-state index in [0.717, 1.165) is 6.42 Å². The molecule has 1 aliphatic heterocycles. The normalized spacial score (nSPS) is 22.8. The quantitative estimate of drug-likeness (QED) is 0.918. The van der Waals surface area contributed by atoms with Crippen LogP contribution in [-0.2, 0) is 10.0 Å². The largest absolute Gasteiger partial charge is 0.475 e. The highest BCUT2D eigenvalue weighted by molar-refractivity contribution is 7.89. The fraction of sp³-hybridized carbons (Fsp3) is 0.471. The Morgan fingerprint density at radius 1 is 1.25 bits per heavy atom. The van der Waals surface area contributed by atoms with Gasteiger partial charge in [-0.1, -0.05) is 13.8 Å². The Balaban J connectivity index is 2.05. The zero-order valence-electron chi connectivity index (χ0n) is 13.9. The fourth-order valence-electron chi connectivity index (χ4n) is 3.52. The highest BCUT2D eigenvalue weighted by atomic mass is 32.2. The summed E-state index contributed by atoms with van der Waals surface area (Å²) in [6, 6.07) is 4.52. The maximum absolute atomic E-state index is 13.0. The molecule has 0 unspecified atom stereocenters. The number of aromatic carboxylic acids is 1. The number of hydrogen-bond acceptors (Lipinski definition) is 4. The molecule has 3 rings (SSSR count). The number of carboxylic acid groups (broad SMARTS) is 1. The van der Waals surface area contributed by atoms with Gasteiger partial charge < -0.3 is 9.52 Å². The van der Waals surface area contributed by atoms with Crippen molar-refractivity contribution < 1.29 is 22.7 Å². The second-order valence-electron chi connectivity index (χ2n) is 6.79. The van der Waals surface area contributed by atoms with Crippen molar-refractivity contribution in [2.24, 2.45) is 11.8 Å². The predicted octanol–water partition coefficient (Wildman–Crippen LogP) is 3.11. The SMILES string of the molecule is Cc1c(C(=O)O)oc2ccc(S(=O)(=O)N3C[C@H](C)C[C@H](C)C3)cc12. The number of carbonyl (C=O) groups is 1. The molecule has 6 nitrogen and oxygen atoms in total. The number of carboxylic acids is 1. The van der Waals surface area contributed by atoms with Crippen LogP contribution in [0.15, 0.2) is 27.5 Å². The number of hydrogen-bond donors (Lipinski definition) is 1. The first kappa shape index (κ1) is 17.0. The summed E-state index contributed by atoms with van der Waals surface area (Å²) in [5, 5.41) is 9.66. The standard InChI is InChI=1S/C17H21NO5S/c1-10-6-11(2)9-18(8-10)24(21,22)13-4-5-15-14(7-13)12(3)16(23-15)17(19)20/h4-5,7,10-11H,6,8-9H2,1-3H3,(H,19,20)/t10-,11+. The van der Waals surface area contributed by atoms with Gasteiger partial charge in [-0.3, -0.25) is 0 Å². The van der Waals surface area contributed by atoms with Crippen LogP contribution in [-0.4, -0.2) is 36.9 Å². The van der Waals surface area contributed by atoms with Crippen LogP contribution < -0.4 is 0 Å². The van der Waals surface area contributed by atoms with E-state index in [2.05, 4.69) is 13.8 Å². The zero-order valence-corrected chi connectivity index (χ0v) is 14.8. The predicted molar refractivity (Wildman–Crippen MR) is 89.6 cm³/mol. The van der Waals surface area contributed by atoms with Crippen LogP contribution in [0.3, 0.4) is 0 Å². The van der Waals surface area contributed by atoms with E-state index in [-0.39, 0.29) is 10.7 Å². The first-order valence-corrected chi connectivity index (χ1v) is 9.40. The molecule has 0 saturated carbocycles. The van der Waals surface area contributed by atoms with Crippen molar-refractivity contribution in [1.82, 2.24) is 4.31 Å². The Morgan fingerprint density at radius 2 is 1.88 bits per heavy atom. The van der Waals surface area contributed by atoms with Gasteiger partial charge in [0.05, 0.1) is 4.90 Å². The van der Waals surface area contributed by atoms with Gasteiger partial charge in [-0.25, -0.2) is 13.2 Å². The molecule has 0 spiro atoms. The minimum atomic E-state index is -3.60. The molecule has 1 aromatic carbocycles. The lowest BCUT2D eigenvalue weighted by Gasteiger charge is -2.34. The molecule has 7 heteroatoms. The van der Waals surface area contributed by atoms with Gasteiger partial charge in [0.1, 0.15) is 5.58 Å². The Hall–Kier alpha value is -1.86. The van der Waals surface area contributed by atoms with Crippen LogP contribution in [0.2, 0.25) is 0 Å². The molecule has 0 bridgehead atoms. The third-order valence-electron chi connectivity index (χ3n) is 4.58. The van der Waals surface area contributed by atoms with Crippen molar-refractivity contribution >= 4 is 27.0 Å².